The minimum atomic E-state index is 0.716. The predicted molar refractivity (Wildman–Crippen MR) is 128 cm³/mol. The molecule has 1 heterocycles. The Morgan fingerprint density at radius 3 is 2.14 bits per heavy atom. The minimum Gasteiger partial charge on any atom is -0.252 e. The largest absolute Gasteiger partial charge is 0.252 e. The molecule has 0 spiro atoms. The van der Waals surface area contributed by atoms with Gasteiger partial charge in [-0.05, 0) is 47.9 Å². The number of hydrogen-bond acceptors (Lipinski definition) is 4. The van der Waals surface area contributed by atoms with Crippen molar-refractivity contribution in [3.05, 3.63) is 93.2 Å². The van der Waals surface area contributed by atoms with E-state index in [9.17, 15) is 0 Å². The number of hydrazone groups is 1. The summed E-state index contributed by atoms with van der Waals surface area (Å²) in [7, 11) is 0. The molecule has 1 N–H and O–H groups in total. The van der Waals surface area contributed by atoms with Gasteiger partial charge in [-0.2, -0.15) is 5.10 Å². The molecular weight excluding hydrogens is 466 g/mol. The van der Waals surface area contributed by atoms with Gasteiger partial charge in [-0.25, -0.2) is 4.98 Å². The van der Waals surface area contributed by atoms with Crippen molar-refractivity contribution in [2.45, 2.75) is 6.92 Å². The molecule has 3 aromatic carbocycles. The van der Waals surface area contributed by atoms with Crippen LogP contribution in [0.15, 0.2) is 87.8 Å². The molecule has 0 radical (unpaired) electrons. The molecule has 4 rings (SSSR count). The Balaban J connectivity index is 1.45. The van der Waals surface area contributed by atoms with Crippen molar-refractivity contribution >= 4 is 49.7 Å². The van der Waals surface area contributed by atoms with E-state index in [1.807, 2.05) is 48.7 Å². The number of thiazole rings is 1. The Kier molecular flexibility index (Phi) is 6.09. The quantitative estimate of drug-likeness (QED) is 0.233. The fraction of sp³-hybridized carbons (Fsp3) is 0.0435. The molecule has 0 saturated heterocycles. The number of aromatic nitrogens is 1. The molecule has 0 unspecified atom stereocenters. The number of nitrogens with zero attached hydrogens (tertiary/aromatic N) is 2. The molecule has 0 saturated carbocycles. The maximum Gasteiger partial charge on any atom is 0.203 e. The highest BCUT2D eigenvalue weighted by atomic mass is 79.9. The van der Waals surface area contributed by atoms with Crippen LogP contribution in [0.25, 0.3) is 22.4 Å². The molecule has 6 heteroatoms. The smallest absolute Gasteiger partial charge is 0.203 e. The maximum absolute atomic E-state index is 5.95. The Morgan fingerprint density at radius 2 is 1.48 bits per heavy atom. The summed E-state index contributed by atoms with van der Waals surface area (Å²) >= 11 is 10.9. The highest BCUT2D eigenvalue weighted by Gasteiger charge is 2.05. The van der Waals surface area contributed by atoms with Crippen molar-refractivity contribution in [2.24, 2.45) is 5.10 Å². The number of nitrogens with one attached hydrogen (secondary N) is 1. The summed E-state index contributed by atoms with van der Waals surface area (Å²) in [4.78, 5) is 4.59. The first kappa shape index (κ1) is 19.8. The lowest BCUT2D eigenvalue weighted by atomic mass is 10.0. The standard InChI is InChI=1S/C23H17BrClN3S/c1-15(16-2-4-17(5-3-16)18-6-10-20(24)11-7-18)27-28-23-26-22(14-29-23)19-8-12-21(25)13-9-19/h2-14H,1H3,(H,26,28)/b27-15+. The Morgan fingerprint density at radius 1 is 0.897 bits per heavy atom. The number of halogens is 2. The molecule has 0 aliphatic carbocycles. The molecule has 3 nitrogen and oxygen atoms in total. The molecule has 0 bridgehead atoms. The molecule has 0 aliphatic heterocycles. The van der Waals surface area contributed by atoms with E-state index in [0.29, 0.717) is 5.02 Å². The Labute approximate surface area is 187 Å². The van der Waals surface area contributed by atoms with E-state index in [2.05, 4.69) is 67.8 Å². The van der Waals surface area contributed by atoms with Gasteiger partial charge in [0.2, 0.25) is 5.13 Å². The summed E-state index contributed by atoms with van der Waals surface area (Å²) in [6.07, 6.45) is 0. The molecular formula is C23H17BrClN3S. The van der Waals surface area contributed by atoms with Crippen molar-refractivity contribution < 1.29 is 0 Å². The van der Waals surface area contributed by atoms with Crippen molar-refractivity contribution in [1.29, 1.82) is 0 Å². The van der Waals surface area contributed by atoms with Crippen LogP contribution < -0.4 is 5.43 Å². The summed E-state index contributed by atoms with van der Waals surface area (Å²) in [5.74, 6) is 0. The summed E-state index contributed by atoms with van der Waals surface area (Å²) in [6.45, 7) is 1.98. The normalized spacial score (nSPS) is 11.5. The van der Waals surface area contributed by atoms with Gasteiger partial charge in [-0.1, -0.05) is 76.1 Å². The molecule has 0 aliphatic rings. The number of hydrogen-bond donors (Lipinski definition) is 1. The zero-order valence-electron chi connectivity index (χ0n) is 15.6. The van der Waals surface area contributed by atoms with Gasteiger partial charge in [0.15, 0.2) is 0 Å². The van der Waals surface area contributed by atoms with E-state index in [4.69, 9.17) is 11.6 Å². The molecule has 1 aromatic heterocycles. The lowest BCUT2D eigenvalue weighted by molar-refractivity contribution is 1.27. The van der Waals surface area contributed by atoms with Gasteiger partial charge in [-0.15, -0.1) is 11.3 Å². The van der Waals surface area contributed by atoms with Crippen LogP contribution in [-0.2, 0) is 0 Å². The topological polar surface area (TPSA) is 37.3 Å². The van der Waals surface area contributed by atoms with Gasteiger partial charge < -0.3 is 0 Å². The molecule has 0 fully saturated rings. The van der Waals surface area contributed by atoms with Gasteiger partial charge in [0.1, 0.15) is 0 Å². The number of benzene rings is 3. The van der Waals surface area contributed by atoms with Crippen molar-refractivity contribution in [3.63, 3.8) is 0 Å². The molecule has 0 amide bonds. The summed E-state index contributed by atoms with van der Waals surface area (Å²) < 4.78 is 1.08. The van der Waals surface area contributed by atoms with Crippen LogP contribution in [0.3, 0.4) is 0 Å². The van der Waals surface area contributed by atoms with E-state index < -0.39 is 0 Å². The first-order valence-corrected chi connectivity index (χ1v) is 11.0. The van der Waals surface area contributed by atoms with Gasteiger partial charge in [-0.3, -0.25) is 5.43 Å². The van der Waals surface area contributed by atoms with Gasteiger partial charge in [0.05, 0.1) is 11.4 Å². The second-order valence-corrected chi connectivity index (χ2v) is 8.65. The lowest BCUT2D eigenvalue weighted by Crippen LogP contribution is -1.99. The van der Waals surface area contributed by atoms with E-state index in [-0.39, 0.29) is 0 Å². The van der Waals surface area contributed by atoms with E-state index in [1.165, 1.54) is 22.5 Å². The zero-order valence-corrected chi connectivity index (χ0v) is 18.7. The SMILES string of the molecule is C/C(=N\Nc1nc(-c2ccc(Cl)cc2)cs1)c1ccc(-c2ccc(Br)cc2)cc1. The van der Waals surface area contributed by atoms with Crippen LogP contribution in [0.4, 0.5) is 5.13 Å². The minimum absolute atomic E-state index is 0.716. The number of rotatable bonds is 5. The van der Waals surface area contributed by atoms with Gasteiger partial charge in [0, 0.05) is 20.4 Å². The predicted octanol–water partition coefficient (Wildman–Crippen LogP) is 7.73. The molecule has 144 valence electrons. The molecule has 29 heavy (non-hydrogen) atoms. The molecule has 0 atom stereocenters. The van der Waals surface area contributed by atoms with Crippen LogP contribution in [0.1, 0.15) is 12.5 Å². The average molecular weight is 483 g/mol. The Hall–Kier alpha value is -2.47. The second kappa shape index (κ2) is 8.91. The third-order valence-corrected chi connectivity index (χ3v) is 5.97. The maximum atomic E-state index is 5.95. The number of anilines is 1. The first-order valence-electron chi connectivity index (χ1n) is 8.96. The van der Waals surface area contributed by atoms with Crippen LogP contribution in [0.5, 0.6) is 0 Å². The van der Waals surface area contributed by atoms with E-state index >= 15 is 0 Å². The second-order valence-electron chi connectivity index (χ2n) is 6.44. The van der Waals surface area contributed by atoms with Crippen molar-refractivity contribution in [1.82, 2.24) is 4.98 Å². The Bertz CT molecular complexity index is 1130. The summed E-state index contributed by atoms with van der Waals surface area (Å²) in [5.41, 5.74) is 9.32. The first-order chi connectivity index (χ1) is 14.1. The van der Waals surface area contributed by atoms with Crippen LogP contribution >= 0.6 is 38.9 Å². The van der Waals surface area contributed by atoms with Crippen molar-refractivity contribution in [3.8, 4) is 22.4 Å². The highest BCUT2D eigenvalue weighted by molar-refractivity contribution is 9.10. The van der Waals surface area contributed by atoms with E-state index in [1.54, 1.807) is 0 Å². The van der Waals surface area contributed by atoms with E-state index in [0.717, 1.165) is 32.1 Å². The fourth-order valence-electron chi connectivity index (χ4n) is 2.82. The average Bonchev–Trinajstić information content (AvgIpc) is 3.22. The third-order valence-electron chi connectivity index (χ3n) is 4.44. The van der Waals surface area contributed by atoms with Gasteiger partial charge >= 0.3 is 0 Å². The summed E-state index contributed by atoms with van der Waals surface area (Å²) in [6, 6.07) is 24.3. The van der Waals surface area contributed by atoms with Crippen LogP contribution in [0, 0.1) is 0 Å². The summed E-state index contributed by atoms with van der Waals surface area (Å²) in [5, 5.41) is 7.96. The monoisotopic (exact) mass is 481 g/mol. The molecule has 4 aromatic rings. The van der Waals surface area contributed by atoms with Gasteiger partial charge in [0.25, 0.3) is 0 Å². The van der Waals surface area contributed by atoms with Crippen LogP contribution in [-0.4, -0.2) is 10.7 Å². The third kappa shape index (κ3) is 4.93. The fourth-order valence-corrected chi connectivity index (χ4v) is 3.87. The zero-order chi connectivity index (χ0) is 20.2. The van der Waals surface area contributed by atoms with Crippen LogP contribution in [0.2, 0.25) is 5.02 Å². The lowest BCUT2D eigenvalue weighted by Gasteiger charge is -2.05. The van der Waals surface area contributed by atoms with Crippen molar-refractivity contribution in [2.75, 3.05) is 5.43 Å². The highest BCUT2D eigenvalue weighted by Crippen LogP contribution is 2.26.